The van der Waals surface area contributed by atoms with E-state index in [0.29, 0.717) is 11.7 Å². The summed E-state index contributed by atoms with van der Waals surface area (Å²) in [6.07, 6.45) is 0. The van der Waals surface area contributed by atoms with Crippen LogP contribution in [0.4, 0.5) is 5.69 Å². The molecular formula is C21H17N3O. The van der Waals surface area contributed by atoms with Gasteiger partial charge in [-0.05, 0) is 47.9 Å². The van der Waals surface area contributed by atoms with Crippen LogP contribution in [0.25, 0.3) is 34.0 Å². The molecule has 0 spiro atoms. The van der Waals surface area contributed by atoms with Gasteiger partial charge in [0.1, 0.15) is 0 Å². The number of anilines is 1. The van der Waals surface area contributed by atoms with E-state index in [4.69, 9.17) is 10.3 Å². The van der Waals surface area contributed by atoms with Gasteiger partial charge in [-0.15, -0.1) is 0 Å². The summed E-state index contributed by atoms with van der Waals surface area (Å²) in [6, 6.07) is 23.9. The molecular weight excluding hydrogens is 310 g/mol. The zero-order valence-electron chi connectivity index (χ0n) is 13.8. The maximum absolute atomic E-state index is 5.88. The van der Waals surface area contributed by atoms with E-state index in [1.807, 2.05) is 61.5 Å². The number of nitrogen functional groups attached to an aromatic ring is 1. The Balaban J connectivity index is 1.77. The molecule has 1 aromatic heterocycles. The minimum Gasteiger partial charge on any atom is -0.399 e. The normalized spacial score (nSPS) is 10.8. The summed E-state index contributed by atoms with van der Waals surface area (Å²) < 4.78 is 5.55. The Hall–Kier alpha value is -3.40. The molecule has 0 amide bonds. The molecule has 0 saturated heterocycles. The third-order valence-electron chi connectivity index (χ3n) is 4.20. The van der Waals surface area contributed by atoms with Crippen molar-refractivity contribution in [3.63, 3.8) is 0 Å². The molecule has 25 heavy (non-hydrogen) atoms. The first kappa shape index (κ1) is 15.1. The highest BCUT2D eigenvalue weighted by molar-refractivity contribution is 5.80. The first-order valence-corrected chi connectivity index (χ1v) is 8.07. The van der Waals surface area contributed by atoms with Gasteiger partial charge in [-0.1, -0.05) is 53.7 Å². The molecule has 0 aliphatic rings. The fraction of sp³-hybridized carbons (Fsp3) is 0.0476. The van der Waals surface area contributed by atoms with Crippen LogP contribution in [0.1, 0.15) is 5.56 Å². The first-order valence-electron chi connectivity index (χ1n) is 8.07. The predicted octanol–water partition coefficient (Wildman–Crippen LogP) is 4.96. The molecule has 2 N–H and O–H groups in total. The summed E-state index contributed by atoms with van der Waals surface area (Å²) in [5.41, 5.74) is 11.6. The molecule has 4 rings (SSSR count). The molecule has 0 bridgehead atoms. The van der Waals surface area contributed by atoms with Crippen molar-refractivity contribution in [1.29, 1.82) is 0 Å². The molecule has 4 nitrogen and oxygen atoms in total. The van der Waals surface area contributed by atoms with Gasteiger partial charge in [-0.3, -0.25) is 0 Å². The summed E-state index contributed by atoms with van der Waals surface area (Å²) in [5.74, 6) is 1.06. The zero-order valence-corrected chi connectivity index (χ0v) is 13.8. The van der Waals surface area contributed by atoms with E-state index < -0.39 is 0 Å². The average molecular weight is 327 g/mol. The van der Waals surface area contributed by atoms with Crippen LogP contribution in [-0.4, -0.2) is 10.1 Å². The number of aromatic nitrogens is 2. The Kier molecular flexibility index (Phi) is 3.78. The van der Waals surface area contributed by atoms with Crippen molar-refractivity contribution in [2.75, 3.05) is 5.73 Å². The maximum atomic E-state index is 5.88. The van der Waals surface area contributed by atoms with Crippen molar-refractivity contribution in [2.24, 2.45) is 0 Å². The van der Waals surface area contributed by atoms with Crippen LogP contribution in [0.15, 0.2) is 77.3 Å². The number of rotatable bonds is 3. The van der Waals surface area contributed by atoms with Crippen molar-refractivity contribution >= 4 is 5.69 Å². The van der Waals surface area contributed by atoms with Gasteiger partial charge in [0, 0.05) is 16.8 Å². The number of hydrogen-bond donors (Lipinski definition) is 1. The molecule has 0 atom stereocenters. The number of hydrogen-bond acceptors (Lipinski definition) is 4. The van der Waals surface area contributed by atoms with Gasteiger partial charge in [0.25, 0.3) is 5.89 Å². The van der Waals surface area contributed by atoms with E-state index in [9.17, 15) is 0 Å². The van der Waals surface area contributed by atoms with Gasteiger partial charge in [-0.2, -0.15) is 4.98 Å². The van der Waals surface area contributed by atoms with Crippen LogP contribution in [0.2, 0.25) is 0 Å². The van der Waals surface area contributed by atoms with Crippen LogP contribution in [-0.2, 0) is 0 Å². The van der Waals surface area contributed by atoms with Crippen molar-refractivity contribution in [2.45, 2.75) is 6.92 Å². The molecule has 0 saturated carbocycles. The lowest BCUT2D eigenvalue weighted by molar-refractivity contribution is 0.432. The first-order chi connectivity index (χ1) is 12.2. The van der Waals surface area contributed by atoms with Gasteiger partial charge in [-0.25, -0.2) is 0 Å². The molecule has 0 aliphatic heterocycles. The van der Waals surface area contributed by atoms with E-state index in [-0.39, 0.29) is 0 Å². The molecule has 0 fully saturated rings. The minimum absolute atomic E-state index is 0.504. The van der Waals surface area contributed by atoms with E-state index in [2.05, 4.69) is 28.3 Å². The van der Waals surface area contributed by atoms with E-state index >= 15 is 0 Å². The van der Waals surface area contributed by atoms with Gasteiger partial charge in [0.05, 0.1) is 0 Å². The number of nitrogens with two attached hydrogens (primary N) is 1. The largest absolute Gasteiger partial charge is 0.399 e. The SMILES string of the molecule is Cc1cc(-c2noc(-c3ccccc3-c3ccccc3)n2)ccc1N. The van der Waals surface area contributed by atoms with Crippen molar-refractivity contribution < 1.29 is 4.52 Å². The van der Waals surface area contributed by atoms with Crippen molar-refractivity contribution in [3.8, 4) is 34.0 Å². The quantitative estimate of drug-likeness (QED) is 0.540. The molecule has 4 heteroatoms. The third kappa shape index (κ3) is 2.90. The van der Waals surface area contributed by atoms with Gasteiger partial charge in [0.2, 0.25) is 5.82 Å². The van der Waals surface area contributed by atoms with Crippen LogP contribution < -0.4 is 5.73 Å². The highest BCUT2D eigenvalue weighted by Gasteiger charge is 2.15. The van der Waals surface area contributed by atoms with E-state index in [0.717, 1.165) is 33.5 Å². The zero-order chi connectivity index (χ0) is 17.2. The van der Waals surface area contributed by atoms with Crippen LogP contribution in [0, 0.1) is 6.92 Å². The van der Waals surface area contributed by atoms with Crippen molar-refractivity contribution in [1.82, 2.24) is 10.1 Å². The lowest BCUT2D eigenvalue weighted by Gasteiger charge is -2.05. The molecule has 0 unspecified atom stereocenters. The standard InChI is InChI=1S/C21H17N3O/c1-14-13-16(11-12-19(14)22)20-23-21(25-24-20)18-10-6-5-9-17(18)15-7-3-2-4-8-15/h2-13H,22H2,1H3. The summed E-state index contributed by atoms with van der Waals surface area (Å²) in [5, 5.41) is 4.14. The predicted molar refractivity (Wildman–Crippen MR) is 99.8 cm³/mol. The molecule has 4 aromatic rings. The second kappa shape index (κ2) is 6.24. The summed E-state index contributed by atoms with van der Waals surface area (Å²) in [6.45, 7) is 1.96. The Morgan fingerprint density at radius 2 is 1.52 bits per heavy atom. The Labute approximate surface area is 145 Å². The maximum Gasteiger partial charge on any atom is 0.258 e. The highest BCUT2D eigenvalue weighted by Crippen LogP contribution is 2.32. The molecule has 1 heterocycles. The molecule has 0 radical (unpaired) electrons. The molecule has 0 aliphatic carbocycles. The monoisotopic (exact) mass is 327 g/mol. The summed E-state index contributed by atoms with van der Waals surface area (Å²) in [7, 11) is 0. The fourth-order valence-electron chi connectivity index (χ4n) is 2.80. The third-order valence-corrected chi connectivity index (χ3v) is 4.20. The van der Waals surface area contributed by atoms with Gasteiger partial charge >= 0.3 is 0 Å². The minimum atomic E-state index is 0.504. The summed E-state index contributed by atoms with van der Waals surface area (Å²) >= 11 is 0. The van der Waals surface area contributed by atoms with Crippen LogP contribution in [0.3, 0.4) is 0 Å². The summed E-state index contributed by atoms with van der Waals surface area (Å²) in [4.78, 5) is 4.59. The lowest BCUT2D eigenvalue weighted by Crippen LogP contribution is -1.90. The smallest absolute Gasteiger partial charge is 0.258 e. The highest BCUT2D eigenvalue weighted by atomic mass is 16.5. The topological polar surface area (TPSA) is 64.9 Å². The van der Waals surface area contributed by atoms with E-state index in [1.165, 1.54) is 0 Å². The lowest BCUT2D eigenvalue weighted by atomic mass is 10.00. The van der Waals surface area contributed by atoms with Crippen LogP contribution >= 0.6 is 0 Å². The van der Waals surface area contributed by atoms with Gasteiger partial charge < -0.3 is 10.3 Å². The Morgan fingerprint density at radius 1 is 0.800 bits per heavy atom. The number of benzene rings is 3. The number of aryl methyl sites for hydroxylation is 1. The molecule has 3 aromatic carbocycles. The van der Waals surface area contributed by atoms with Crippen LogP contribution in [0.5, 0.6) is 0 Å². The number of nitrogens with zero attached hydrogens (tertiary/aromatic N) is 2. The molecule has 122 valence electrons. The average Bonchev–Trinajstić information content (AvgIpc) is 3.15. The second-order valence-electron chi connectivity index (χ2n) is 5.91. The fourth-order valence-corrected chi connectivity index (χ4v) is 2.80. The second-order valence-corrected chi connectivity index (χ2v) is 5.91. The Morgan fingerprint density at radius 3 is 2.28 bits per heavy atom. The van der Waals surface area contributed by atoms with Crippen molar-refractivity contribution in [3.05, 3.63) is 78.4 Å². The van der Waals surface area contributed by atoms with E-state index in [1.54, 1.807) is 0 Å². The Bertz CT molecular complexity index is 1020. The van der Waals surface area contributed by atoms with Gasteiger partial charge in [0.15, 0.2) is 0 Å².